The molecule has 0 unspecified atom stereocenters. The van der Waals surface area contributed by atoms with Gasteiger partial charge in [0.1, 0.15) is 11.5 Å². The van der Waals surface area contributed by atoms with E-state index in [1.165, 1.54) is 22.0 Å². The monoisotopic (exact) mass is 466 g/mol. The van der Waals surface area contributed by atoms with Gasteiger partial charge in [-0.2, -0.15) is 0 Å². The van der Waals surface area contributed by atoms with E-state index < -0.39 is 0 Å². The average Bonchev–Trinajstić information content (AvgIpc) is 3.12. The van der Waals surface area contributed by atoms with E-state index in [1.807, 2.05) is 13.8 Å². The molecule has 0 bridgehead atoms. The van der Waals surface area contributed by atoms with E-state index in [9.17, 15) is 0 Å². The van der Waals surface area contributed by atoms with Crippen molar-refractivity contribution in [2.45, 2.75) is 33.7 Å². The van der Waals surface area contributed by atoms with Crippen LogP contribution in [0.4, 0.5) is 0 Å². The molecule has 0 fully saturated rings. The number of guanidine groups is 1. The number of aliphatic imine (C=N–C) groups is 1. The smallest absolute Gasteiger partial charge is 0.191 e. The molecule has 0 saturated carbocycles. The number of furan rings is 1. The minimum atomic E-state index is 0. The molecule has 5 nitrogen and oxygen atoms in total. The molecule has 26 heavy (non-hydrogen) atoms. The summed E-state index contributed by atoms with van der Waals surface area (Å²) in [5.41, 5.74) is 4.95. The molecule has 0 aliphatic carbocycles. The van der Waals surface area contributed by atoms with E-state index in [2.05, 4.69) is 58.0 Å². The Morgan fingerprint density at radius 1 is 1.12 bits per heavy atom. The van der Waals surface area contributed by atoms with Crippen molar-refractivity contribution >= 4 is 40.8 Å². The summed E-state index contributed by atoms with van der Waals surface area (Å²) in [6.07, 6.45) is 3.03. The van der Waals surface area contributed by atoms with Crippen molar-refractivity contribution < 1.29 is 4.42 Å². The third kappa shape index (κ3) is 4.81. The third-order valence-corrected chi connectivity index (χ3v) is 4.42. The molecule has 3 aromatic rings. The van der Waals surface area contributed by atoms with Crippen LogP contribution in [0.15, 0.2) is 39.9 Å². The lowest BCUT2D eigenvalue weighted by Gasteiger charge is -2.11. The number of nitrogens with one attached hydrogen (secondary N) is 3. The van der Waals surface area contributed by atoms with E-state index in [0.29, 0.717) is 6.54 Å². The molecule has 6 heteroatoms. The number of halogens is 1. The van der Waals surface area contributed by atoms with Crippen molar-refractivity contribution in [1.29, 1.82) is 0 Å². The van der Waals surface area contributed by atoms with E-state index in [1.54, 1.807) is 7.05 Å². The molecule has 3 rings (SSSR count). The highest BCUT2D eigenvalue weighted by Crippen LogP contribution is 2.19. The number of aromatic nitrogens is 1. The van der Waals surface area contributed by atoms with E-state index in [-0.39, 0.29) is 24.0 Å². The molecule has 0 aliphatic heterocycles. The Labute approximate surface area is 171 Å². The van der Waals surface area contributed by atoms with Crippen molar-refractivity contribution in [3.05, 3.63) is 58.7 Å². The van der Waals surface area contributed by atoms with Crippen LogP contribution in [0.1, 0.15) is 28.2 Å². The Bertz CT molecular complexity index is 894. The number of fused-ring (bicyclic) bond motifs is 1. The summed E-state index contributed by atoms with van der Waals surface area (Å²) >= 11 is 0. The highest BCUT2D eigenvalue weighted by Gasteiger charge is 2.07. The van der Waals surface area contributed by atoms with Crippen LogP contribution in [-0.2, 0) is 13.0 Å². The van der Waals surface area contributed by atoms with Crippen LogP contribution in [-0.4, -0.2) is 24.5 Å². The molecule has 0 spiro atoms. The fourth-order valence-corrected chi connectivity index (χ4v) is 3.08. The molecular weight excluding hydrogens is 439 g/mol. The summed E-state index contributed by atoms with van der Waals surface area (Å²) in [7, 11) is 1.79. The van der Waals surface area contributed by atoms with Crippen LogP contribution in [0, 0.1) is 20.8 Å². The molecule has 0 aliphatic rings. The number of H-pyrrole nitrogens is 1. The summed E-state index contributed by atoms with van der Waals surface area (Å²) in [5.74, 6) is 2.69. The van der Waals surface area contributed by atoms with Crippen molar-refractivity contribution in [3.8, 4) is 0 Å². The van der Waals surface area contributed by atoms with Gasteiger partial charge in [0.25, 0.3) is 0 Å². The molecule has 0 saturated heterocycles. The highest BCUT2D eigenvalue weighted by molar-refractivity contribution is 14.0. The second-order valence-electron chi connectivity index (χ2n) is 6.40. The Morgan fingerprint density at radius 2 is 1.92 bits per heavy atom. The third-order valence-electron chi connectivity index (χ3n) is 4.42. The van der Waals surface area contributed by atoms with Gasteiger partial charge in [0.15, 0.2) is 5.96 Å². The van der Waals surface area contributed by atoms with Crippen LogP contribution >= 0.6 is 24.0 Å². The van der Waals surface area contributed by atoms with Gasteiger partial charge < -0.3 is 20.0 Å². The van der Waals surface area contributed by atoms with Gasteiger partial charge in [-0.3, -0.25) is 4.99 Å². The van der Waals surface area contributed by atoms with E-state index in [4.69, 9.17) is 4.42 Å². The maximum atomic E-state index is 5.56. The Balaban J connectivity index is 0.00000243. The van der Waals surface area contributed by atoms with Crippen LogP contribution < -0.4 is 10.6 Å². The minimum absolute atomic E-state index is 0. The predicted octanol–water partition coefficient (Wildman–Crippen LogP) is 4.21. The molecule has 0 atom stereocenters. The minimum Gasteiger partial charge on any atom is -0.466 e. The number of aryl methyl sites for hydroxylation is 3. The van der Waals surface area contributed by atoms with Crippen molar-refractivity contribution in [2.24, 2.45) is 4.99 Å². The second-order valence-corrected chi connectivity index (χ2v) is 6.40. The lowest BCUT2D eigenvalue weighted by molar-refractivity contribution is 0.500. The number of rotatable bonds is 5. The van der Waals surface area contributed by atoms with Gasteiger partial charge in [-0.25, -0.2) is 0 Å². The van der Waals surface area contributed by atoms with Crippen LogP contribution in [0.25, 0.3) is 10.9 Å². The summed E-state index contributed by atoms with van der Waals surface area (Å²) in [6, 6.07) is 8.59. The Hall–Kier alpha value is -1.96. The number of aromatic amines is 1. The maximum absolute atomic E-state index is 5.56. The largest absolute Gasteiger partial charge is 0.466 e. The number of nitrogens with zero attached hydrogens (tertiary/aromatic N) is 1. The fraction of sp³-hybridized carbons (Fsp3) is 0.350. The van der Waals surface area contributed by atoms with Gasteiger partial charge in [0, 0.05) is 42.8 Å². The van der Waals surface area contributed by atoms with E-state index in [0.717, 1.165) is 36.0 Å². The van der Waals surface area contributed by atoms with Gasteiger partial charge >= 0.3 is 0 Å². The van der Waals surface area contributed by atoms with Gasteiger partial charge in [-0.1, -0.05) is 12.1 Å². The summed E-state index contributed by atoms with van der Waals surface area (Å²) < 4.78 is 5.56. The molecule has 2 heterocycles. The first kappa shape index (κ1) is 20.4. The van der Waals surface area contributed by atoms with Gasteiger partial charge in [-0.05, 0) is 50.5 Å². The molecule has 140 valence electrons. The summed E-state index contributed by atoms with van der Waals surface area (Å²) in [5, 5.41) is 8.00. The lowest BCUT2D eigenvalue weighted by Crippen LogP contribution is -2.37. The summed E-state index contributed by atoms with van der Waals surface area (Å²) in [6.45, 7) is 7.59. The first-order valence-electron chi connectivity index (χ1n) is 8.64. The first-order valence-corrected chi connectivity index (χ1v) is 8.64. The van der Waals surface area contributed by atoms with E-state index >= 15 is 0 Å². The SMILES string of the molecule is CN=C(NCCc1c[nH]c2cc(C)ccc12)NCc1cc(C)oc1C.I. The van der Waals surface area contributed by atoms with Crippen molar-refractivity contribution in [1.82, 2.24) is 15.6 Å². The Morgan fingerprint density at radius 3 is 2.62 bits per heavy atom. The zero-order valence-corrected chi connectivity index (χ0v) is 18.1. The zero-order chi connectivity index (χ0) is 17.8. The standard InChI is InChI=1S/C20H26N4O.HI/c1-13-5-6-18-16(11-23-19(18)9-13)7-8-22-20(21-4)24-12-17-10-14(2)25-15(17)3;/h5-6,9-11,23H,7-8,12H2,1-4H3,(H2,21,22,24);1H. The molecule has 2 aromatic heterocycles. The Kier molecular flexibility index (Phi) is 7.14. The molecule has 0 amide bonds. The quantitative estimate of drug-likeness (QED) is 0.300. The molecule has 0 radical (unpaired) electrons. The topological polar surface area (TPSA) is 65.3 Å². The van der Waals surface area contributed by atoms with Crippen molar-refractivity contribution in [2.75, 3.05) is 13.6 Å². The number of hydrogen-bond acceptors (Lipinski definition) is 2. The normalized spacial score (nSPS) is 11.5. The van der Waals surface area contributed by atoms with Crippen molar-refractivity contribution in [3.63, 3.8) is 0 Å². The van der Waals surface area contributed by atoms with Gasteiger partial charge in [0.2, 0.25) is 0 Å². The predicted molar refractivity (Wildman–Crippen MR) is 119 cm³/mol. The van der Waals surface area contributed by atoms with Gasteiger partial charge in [0.05, 0.1) is 0 Å². The average molecular weight is 466 g/mol. The first-order chi connectivity index (χ1) is 12.1. The lowest BCUT2D eigenvalue weighted by atomic mass is 10.1. The highest BCUT2D eigenvalue weighted by atomic mass is 127. The summed E-state index contributed by atoms with van der Waals surface area (Å²) in [4.78, 5) is 7.64. The molecular formula is C20H27IN4O. The van der Waals surface area contributed by atoms with Gasteiger partial charge in [-0.15, -0.1) is 24.0 Å². The maximum Gasteiger partial charge on any atom is 0.191 e. The molecule has 1 aromatic carbocycles. The molecule has 3 N–H and O–H groups in total. The van der Waals surface area contributed by atoms with Crippen LogP contribution in [0.5, 0.6) is 0 Å². The zero-order valence-electron chi connectivity index (χ0n) is 15.8. The number of hydrogen-bond donors (Lipinski definition) is 3. The number of benzene rings is 1. The fourth-order valence-electron chi connectivity index (χ4n) is 3.08. The van der Waals surface area contributed by atoms with Crippen LogP contribution in [0.3, 0.4) is 0 Å². The second kappa shape index (κ2) is 9.12. The van der Waals surface area contributed by atoms with Crippen LogP contribution in [0.2, 0.25) is 0 Å².